The second-order valence-corrected chi connectivity index (χ2v) is 9.57. The van der Waals surface area contributed by atoms with Gasteiger partial charge < -0.3 is 0 Å². The first-order valence-electron chi connectivity index (χ1n) is 11.0. The van der Waals surface area contributed by atoms with Crippen LogP contribution in [-0.2, 0) is 5.41 Å². The Kier molecular flexibility index (Phi) is 3.46. The molecule has 0 aliphatic heterocycles. The highest BCUT2D eigenvalue weighted by Crippen LogP contribution is 2.58. The van der Waals surface area contributed by atoms with E-state index in [0.717, 1.165) is 24.3 Å². The van der Waals surface area contributed by atoms with Crippen LogP contribution in [0.2, 0.25) is 0 Å². The highest BCUT2D eigenvalue weighted by molar-refractivity contribution is 6.04. The third-order valence-corrected chi connectivity index (χ3v) is 8.24. The standard InChI is InChI=1S/C26H28O/c27-25-11-12-26(16-17-9-10-20(26)13-17)24-14-19-7-4-8-21(22(19)15-23(24)25)18-5-2-1-3-6-18/h4,7-10,14-15,17-18,20H,1-3,5-6,11-13,16H2. The molecule has 1 spiro atoms. The van der Waals surface area contributed by atoms with Crippen LogP contribution < -0.4 is 0 Å². The topological polar surface area (TPSA) is 17.1 Å². The fourth-order valence-electron chi connectivity index (χ4n) is 6.92. The summed E-state index contributed by atoms with van der Waals surface area (Å²) in [5, 5.41) is 2.71. The summed E-state index contributed by atoms with van der Waals surface area (Å²) in [7, 11) is 0. The maximum atomic E-state index is 12.9. The van der Waals surface area contributed by atoms with Crippen LogP contribution in [0.1, 0.15) is 85.2 Å². The summed E-state index contributed by atoms with van der Waals surface area (Å²) in [5.74, 6) is 2.44. The zero-order chi connectivity index (χ0) is 18.0. The predicted molar refractivity (Wildman–Crippen MR) is 110 cm³/mol. The summed E-state index contributed by atoms with van der Waals surface area (Å²) in [5.41, 5.74) is 4.16. The summed E-state index contributed by atoms with van der Waals surface area (Å²) in [4.78, 5) is 12.9. The monoisotopic (exact) mass is 356 g/mol. The lowest BCUT2D eigenvalue weighted by molar-refractivity contribution is 0.0944. The van der Waals surface area contributed by atoms with Crippen molar-refractivity contribution in [3.63, 3.8) is 0 Å². The van der Waals surface area contributed by atoms with Crippen LogP contribution in [0, 0.1) is 11.8 Å². The number of carbonyl (C=O) groups is 1. The fraction of sp³-hybridized carbons (Fsp3) is 0.500. The average Bonchev–Trinajstić information content (AvgIpc) is 3.32. The van der Waals surface area contributed by atoms with Crippen LogP contribution >= 0.6 is 0 Å². The van der Waals surface area contributed by atoms with Gasteiger partial charge in [0.05, 0.1) is 0 Å². The molecule has 4 aliphatic carbocycles. The van der Waals surface area contributed by atoms with Gasteiger partial charge in [-0.25, -0.2) is 0 Å². The van der Waals surface area contributed by atoms with Gasteiger partial charge in [-0.2, -0.15) is 0 Å². The first-order chi connectivity index (χ1) is 13.2. The molecule has 27 heavy (non-hydrogen) atoms. The molecular weight excluding hydrogens is 328 g/mol. The zero-order valence-corrected chi connectivity index (χ0v) is 16.0. The molecule has 4 aliphatic rings. The first kappa shape index (κ1) is 16.1. The molecule has 0 aromatic heterocycles. The minimum absolute atomic E-state index is 0.234. The summed E-state index contributed by atoms with van der Waals surface area (Å²) in [6.07, 6.45) is 15.9. The fourth-order valence-corrected chi connectivity index (χ4v) is 6.92. The molecule has 2 bridgehead atoms. The number of allylic oxidation sites excluding steroid dienone is 2. The van der Waals surface area contributed by atoms with Gasteiger partial charge in [-0.1, -0.05) is 49.6 Å². The SMILES string of the molecule is O=C1CCC2(CC3C=CC2C3)c2cc3cccc(C4CCCCC4)c3cc21. The minimum Gasteiger partial charge on any atom is -0.294 e. The molecule has 138 valence electrons. The van der Waals surface area contributed by atoms with E-state index in [1.807, 2.05) is 0 Å². The van der Waals surface area contributed by atoms with Crippen LogP contribution in [0.4, 0.5) is 0 Å². The van der Waals surface area contributed by atoms with E-state index in [2.05, 4.69) is 42.5 Å². The molecule has 1 nitrogen and oxygen atoms in total. The third-order valence-electron chi connectivity index (χ3n) is 8.24. The lowest BCUT2D eigenvalue weighted by atomic mass is 9.62. The van der Waals surface area contributed by atoms with Crippen molar-refractivity contribution < 1.29 is 4.79 Å². The molecule has 0 saturated heterocycles. The third kappa shape index (κ3) is 2.27. The summed E-state index contributed by atoms with van der Waals surface area (Å²) in [6.45, 7) is 0. The van der Waals surface area contributed by atoms with Crippen molar-refractivity contribution in [3.05, 3.63) is 59.2 Å². The highest BCUT2D eigenvalue weighted by atomic mass is 16.1. The van der Waals surface area contributed by atoms with Crippen molar-refractivity contribution in [2.45, 2.75) is 69.1 Å². The van der Waals surface area contributed by atoms with E-state index in [-0.39, 0.29) is 5.41 Å². The van der Waals surface area contributed by atoms with E-state index in [9.17, 15) is 4.79 Å². The Morgan fingerprint density at radius 3 is 2.67 bits per heavy atom. The second kappa shape index (κ2) is 5.80. The summed E-state index contributed by atoms with van der Waals surface area (Å²) >= 11 is 0. The van der Waals surface area contributed by atoms with E-state index in [0.29, 0.717) is 17.6 Å². The molecule has 2 fully saturated rings. The number of hydrogen-bond donors (Lipinski definition) is 0. The van der Waals surface area contributed by atoms with Gasteiger partial charge in [0.25, 0.3) is 0 Å². The molecule has 2 aromatic carbocycles. The number of Topliss-reactive ketones (excluding diaryl/α,β-unsaturated/α-hetero) is 1. The van der Waals surface area contributed by atoms with Gasteiger partial charge in [0, 0.05) is 17.4 Å². The van der Waals surface area contributed by atoms with Gasteiger partial charge >= 0.3 is 0 Å². The molecular formula is C26H28O. The van der Waals surface area contributed by atoms with Crippen LogP contribution in [0.15, 0.2) is 42.5 Å². The van der Waals surface area contributed by atoms with Crippen molar-refractivity contribution >= 4 is 16.6 Å². The van der Waals surface area contributed by atoms with E-state index < -0.39 is 0 Å². The number of carbonyl (C=O) groups excluding carboxylic acids is 1. The van der Waals surface area contributed by atoms with Crippen LogP contribution in [-0.4, -0.2) is 5.78 Å². The second-order valence-electron chi connectivity index (χ2n) is 9.57. The van der Waals surface area contributed by atoms with Crippen molar-refractivity contribution in [1.82, 2.24) is 0 Å². The maximum absolute atomic E-state index is 12.9. The van der Waals surface area contributed by atoms with Crippen molar-refractivity contribution in [2.24, 2.45) is 11.8 Å². The normalized spacial score (nSPS) is 32.5. The lowest BCUT2D eigenvalue weighted by Gasteiger charge is -2.41. The van der Waals surface area contributed by atoms with Gasteiger partial charge in [0.2, 0.25) is 0 Å². The Hall–Kier alpha value is -1.89. The molecule has 3 unspecified atom stereocenters. The van der Waals surface area contributed by atoms with Crippen molar-refractivity contribution in [1.29, 1.82) is 0 Å². The zero-order valence-electron chi connectivity index (χ0n) is 16.0. The molecule has 0 radical (unpaired) electrons. The molecule has 2 saturated carbocycles. The van der Waals surface area contributed by atoms with Crippen LogP contribution in [0.25, 0.3) is 10.8 Å². The molecule has 0 amide bonds. The van der Waals surface area contributed by atoms with E-state index in [4.69, 9.17) is 0 Å². The molecule has 3 atom stereocenters. The van der Waals surface area contributed by atoms with Crippen LogP contribution in [0.5, 0.6) is 0 Å². The van der Waals surface area contributed by atoms with Gasteiger partial charge in [-0.3, -0.25) is 4.79 Å². The van der Waals surface area contributed by atoms with Gasteiger partial charge in [-0.15, -0.1) is 0 Å². The molecule has 6 rings (SSSR count). The van der Waals surface area contributed by atoms with Gasteiger partial charge in [-0.05, 0) is 83.9 Å². The number of benzene rings is 2. The number of fused-ring (bicyclic) bond motifs is 6. The van der Waals surface area contributed by atoms with Crippen LogP contribution in [0.3, 0.4) is 0 Å². The maximum Gasteiger partial charge on any atom is 0.163 e. The Bertz CT molecular complexity index is 962. The average molecular weight is 357 g/mol. The Morgan fingerprint density at radius 2 is 1.89 bits per heavy atom. The quantitative estimate of drug-likeness (QED) is 0.520. The molecule has 1 heteroatoms. The largest absolute Gasteiger partial charge is 0.294 e. The smallest absolute Gasteiger partial charge is 0.163 e. The van der Waals surface area contributed by atoms with E-state index in [1.165, 1.54) is 66.8 Å². The molecule has 0 N–H and O–H groups in total. The number of ketones is 1. The number of hydrogen-bond acceptors (Lipinski definition) is 1. The van der Waals surface area contributed by atoms with Crippen molar-refractivity contribution in [2.75, 3.05) is 0 Å². The van der Waals surface area contributed by atoms with Gasteiger partial charge in [0.15, 0.2) is 5.78 Å². The van der Waals surface area contributed by atoms with E-state index in [1.54, 1.807) is 0 Å². The van der Waals surface area contributed by atoms with Gasteiger partial charge in [0.1, 0.15) is 0 Å². The van der Waals surface area contributed by atoms with E-state index >= 15 is 0 Å². The Balaban J connectivity index is 1.54. The predicted octanol–water partition coefficient (Wildman–Crippen LogP) is 6.70. The lowest BCUT2D eigenvalue weighted by Crippen LogP contribution is -2.37. The first-order valence-corrected chi connectivity index (χ1v) is 11.0. The minimum atomic E-state index is 0.234. The highest BCUT2D eigenvalue weighted by Gasteiger charge is 2.52. The Labute approximate surface area is 161 Å². The number of rotatable bonds is 1. The summed E-state index contributed by atoms with van der Waals surface area (Å²) < 4.78 is 0. The van der Waals surface area contributed by atoms with Crippen molar-refractivity contribution in [3.8, 4) is 0 Å². The Morgan fingerprint density at radius 1 is 1.00 bits per heavy atom. The molecule has 0 heterocycles. The summed E-state index contributed by atoms with van der Waals surface area (Å²) in [6, 6.07) is 11.6. The molecule has 2 aromatic rings.